The molecular formula is C14H13ClN6S. The first-order valence-corrected chi connectivity index (χ1v) is 7.73. The van der Waals surface area contributed by atoms with E-state index >= 15 is 0 Å². The number of nitrogen functional groups attached to an aromatic ring is 1. The van der Waals surface area contributed by atoms with Gasteiger partial charge >= 0.3 is 0 Å². The quantitative estimate of drug-likeness (QED) is 0.662. The van der Waals surface area contributed by atoms with E-state index in [1.807, 2.05) is 29.6 Å². The molecule has 8 heteroatoms. The van der Waals surface area contributed by atoms with Gasteiger partial charge in [-0.05, 0) is 17.7 Å². The van der Waals surface area contributed by atoms with E-state index in [0.717, 1.165) is 10.7 Å². The highest BCUT2D eigenvalue weighted by molar-refractivity contribution is 7.13. The molecule has 2 aromatic heterocycles. The molecule has 0 aliphatic carbocycles. The van der Waals surface area contributed by atoms with Crippen LogP contribution in [0, 0.1) is 0 Å². The van der Waals surface area contributed by atoms with E-state index in [9.17, 15) is 0 Å². The van der Waals surface area contributed by atoms with Crippen molar-refractivity contribution in [2.45, 2.75) is 6.54 Å². The molecule has 0 spiro atoms. The lowest BCUT2D eigenvalue weighted by atomic mass is 10.2. The van der Waals surface area contributed by atoms with Crippen LogP contribution in [0.1, 0.15) is 5.56 Å². The number of benzene rings is 1. The van der Waals surface area contributed by atoms with E-state index in [0.29, 0.717) is 28.9 Å². The predicted molar refractivity (Wildman–Crippen MR) is 90.6 cm³/mol. The molecule has 0 fully saturated rings. The Kier molecular flexibility index (Phi) is 4.36. The van der Waals surface area contributed by atoms with Crippen molar-refractivity contribution in [3.05, 3.63) is 52.8 Å². The van der Waals surface area contributed by atoms with Crippen LogP contribution in [0.2, 0.25) is 5.02 Å². The van der Waals surface area contributed by atoms with Gasteiger partial charge in [-0.3, -0.25) is 0 Å². The third kappa shape index (κ3) is 3.44. The van der Waals surface area contributed by atoms with Gasteiger partial charge in [0.05, 0.1) is 0 Å². The van der Waals surface area contributed by atoms with Gasteiger partial charge in [0, 0.05) is 23.1 Å². The van der Waals surface area contributed by atoms with Crippen molar-refractivity contribution in [1.29, 1.82) is 0 Å². The first-order chi connectivity index (χ1) is 10.7. The normalized spacial score (nSPS) is 10.4. The first kappa shape index (κ1) is 14.6. The fraction of sp³-hybridized carbons (Fsp3) is 0.0714. The van der Waals surface area contributed by atoms with Crippen molar-refractivity contribution in [2.24, 2.45) is 0 Å². The molecular weight excluding hydrogens is 320 g/mol. The molecule has 0 aliphatic heterocycles. The third-order valence-corrected chi connectivity index (χ3v) is 3.86. The Morgan fingerprint density at radius 2 is 1.86 bits per heavy atom. The molecule has 3 aromatic rings. The van der Waals surface area contributed by atoms with E-state index in [1.165, 1.54) is 17.7 Å². The van der Waals surface area contributed by atoms with Gasteiger partial charge in [-0.2, -0.15) is 0 Å². The number of nitrogens with two attached hydrogens (primary N) is 1. The average molecular weight is 333 g/mol. The minimum absolute atomic E-state index is 0.451. The number of aromatic nitrogens is 3. The summed E-state index contributed by atoms with van der Waals surface area (Å²) in [7, 11) is 0. The molecule has 22 heavy (non-hydrogen) atoms. The zero-order valence-corrected chi connectivity index (χ0v) is 13.0. The zero-order valence-electron chi connectivity index (χ0n) is 11.5. The monoisotopic (exact) mass is 332 g/mol. The molecule has 0 radical (unpaired) electrons. The van der Waals surface area contributed by atoms with E-state index in [4.69, 9.17) is 17.3 Å². The van der Waals surface area contributed by atoms with Crippen LogP contribution in [0.3, 0.4) is 0 Å². The van der Waals surface area contributed by atoms with Crippen LogP contribution in [-0.4, -0.2) is 15.0 Å². The van der Waals surface area contributed by atoms with Crippen molar-refractivity contribution in [1.82, 2.24) is 15.0 Å². The first-order valence-electron chi connectivity index (χ1n) is 6.47. The Morgan fingerprint density at radius 1 is 1.09 bits per heavy atom. The standard InChI is InChI=1S/C14H13ClN6S/c15-10-3-1-9(2-4-10)7-18-12-11(16)13(20-8-19-12)21-14-17-5-6-22-14/h1-6,8H,7,16H2,(H2,17,18,19,20,21). The van der Waals surface area contributed by atoms with Gasteiger partial charge in [0.1, 0.15) is 12.0 Å². The molecule has 1 aromatic carbocycles. The lowest BCUT2D eigenvalue weighted by Gasteiger charge is -2.11. The highest BCUT2D eigenvalue weighted by atomic mass is 35.5. The average Bonchev–Trinajstić information content (AvgIpc) is 3.03. The highest BCUT2D eigenvalue weighted by Gasteiger charge is 2.09. The van der Waals surface area contributed by atoms with Crippen molar-refractivity contribution in [3.8, 4) is 0 Å². The van der Waals surface area contributed by atoms with Gasteiger partial charge in [-0.15, -0.1) is 11.3 Å². The van der Waals surface area contributed by atoms with E-state index in [-0.39, 0.29) is 0 Å². The third-order valence-electron chi connectivity index (χ3n) is 2.91. The Balaban J connectivity index is 1.72. The molecule has 0 bridgehead atoms. The number of thiazole rings is 1. The largest absolute Gasteiger partial charge is 0.393 e. The Hall–Kier alpha value is -2.38. The zero-order chi connectivity index (χ0) is 15.4. The predicted octanol–water partition coefficient (Wildman–Crippen LogP) is 3.52. The van der Waals surface area contributed by atoms with Gasteiger partial charge in [0.2, 0.25) is 0 Å². The van der Waals surface area contributed by atoms with Gasteiger partial charge < -0.3 is 16.4 Å². The maximum atomic E-state index is 6.09. The summed E-state index contributed by atoms with van der Waals surface area (Å²) in [6.07, 6.45) is 3.17. The van der Waals surface area contributed by atoms with E-state index in [1.54, 1.807) is 6.20 Å². The molecule has 3 rings (SSSR count). The van der Waals surface area contributed by atoms with Gasteiger partial charge in [-0.25, -0.2) is 15.0 Å². The minimum Gasteiger partial charge on any atom is -0.393 e. The van der Waals surface area contributed by atoms with Crippen LogP contribution in [0.5, 0.6) is 0 Å². The van der Waals surface area contributed by atoms with Gasteiger partial charge in [-0.1, -0.05) is 23.7 Å². The molecule has 112 valence electrons. The van der Waals surface area contributed by atoms with E-state index in [2.05, 4.69) is 25.6 Å². The lowest BCUT2D eigenvalue weighted by molar-refractivity contribution is 1.08. The second kappa shape index (κ2) is 6.59. The van der Waals surface area contributed by atoms with Gasteiger partial charge in [0.25, 0.3) is 0 Å². The number of nitrogens with zero attached hydrogens (tertiary/aromatic N) is 3. The van der Waals surface area contributed by atoms with Crippen LogP contribution in [0.25, 0.3) is 0 Å². The number of nitrogens with one attached hydrogen (secondary N) is 2. The molecule has 0 saturated heterocycles. The Bertz CT molecular complexity index is 745. The summed E-state index contributed by atoms with van der Waals surface area (Å²) in [6, 6.07) is 7.58. The number of anilines is 4. The van der Waals surface area contributed by atoms with Gasteiger partial charge in [0.15, 0.2) is 16.8 Å². The Morgan fingerprint density at radius 3 is 2.59 bits per heavy atom. The number of hydrogen-bond donors (Lipinski definition) is 3. The fourth-order valence-corrected chi connectivity index (χ4v) is 2.46. The summed E-state index contributed by atoms with van der Waals surface area (Å²) in [5, 5.41) is 9.58. The summed E-state index contributed by atoms with van der Waals surface area (Å²) in [5.74, 6) is 1.10. The van der Waals surface area contributed by atoms with E-state index < -0.39 is 0 Å². The topological polar surface area (TPSA) is 88.8 Å². The summed E-state index contributed by atoms with van der Waals surface area (Å²) in [5.41, 5.74) is 7.62. The summed E-state index contributed by atoms with van der Waals surface area (Å²) < 4.78 is 0. The highest BCUT2D eigenvalue weighted by Crippen LogP contribution is 2.26. The number of hydrogen-bond acceptors (Lipinski definition) is 7. The van der Waals surface area contributed by atoms with Crippen molar-refractivity contribution < 1.29 is 0 Å². The molecule has 4 N–H and O–H groups in total. The van der Waals surface area contributed by atoms with Crippen LogP contribution >= 0.6 is 22.9 Å². The smallest absolute Gasteiger partial charge is 0.188 e. The second-order valence-electron chi connectivity index (χ2n) is 4.43. The van der Waals surface area contributed by atoms with Crippen LogP contribution < -0.4 is 16.4 Å². The molecule has 6 nitrogen and oxygen atoms in total. The SMILES string of the molecule is Nc1c(NCc2ccc(Cl)cc2)ncnc1Nc1nccs1. The summed E-state index contributed by atoms with van der Waals surface area (Å²) >= 11 is 7.34. The molecule has 0 unspecified atom stereocenters. The second-order valence-corrected chi connectivity index (χ2v) is 5.76. The molecule has 0 aliphatic rings. The molecule has 0 atom stereocenters. The molecule has 0 saturated carbocycles. The number of halogens is 1. The van der Waals surface area contributed by atoms with Crippen LogP contribution in [0.15, 0.2) is 42.2 Å². The Labute approximate surface area is 136 Å². The van der Waals surface area contributed by atoms with Crippen molar-refractivity contribution >= 4 is 45.4 Å². The molecule has 2 heterocycles. The van der Waals surface area contributed by atoms with Crippen LogP contribution in [-0.2, 0) is 6.54 Å². The van der Waals surface area contributed by atoms with Crippen LogP contribution in [0.4, 0.5) is 22.5 Å². The minimum atomic E-state index is 0.451. The lowest BCUT2D eigenvalue weighted by Crippen LogP contribution is -2.08. The summed E-state index contributed by atoms with van der Waals surface area (Å²) in [6.45, 7) is 0.592. The van der Waals surface area contributed by atoms with Crippen molar-refractivity contribution in [2.75, 3.05) is 16.4 Å². The maximum absolute atomic E-state index is 6.09. The fourth-order valence-electron chi connectivity index (χ4n) is 1.81. The van der Waals surface area contributed by atoms with Crippen molar-refractivity contribution in [3.63, 3.8) is 0 Å². The number of rotatable bonds is 5. The maximum Gasteiger partial charge on any atom is 0.188 e. The molecule has 0 amide bonds. The summed E-state index contributed by atoms with van der Waals surface area (Å²) in [4.78, 5) is 12.5.